The molecule has 28 heavy (non-hydrogen) atoms. The first-order valence-corrected chi connectivity index (χ1v) is 10.1. The number of fused-ring (bicyclic) bond motifs is 1. The summed E-state index contributed by atoms with van der Waals surface area (Å²) in [7, 11) is 1.66. The number of ether oxygens (including phenoxy) is 2. The lowest BCUT2D eigenvalue weighted by Crippen LogP contribution is -2.44. The zero-order valence-corrected chi connectivity index (χ0v) is 17.3. The van der Waals surface area contributed by atoms with Gasteiger partial charge in [0, 0.05) is 30.6 Å². The summed E-state index contributed by atoms with van der Waals surface area (Å²) in [6, 6.07) is 15.6. The van der Waals surface area contributed by atoms with Crippen LogP contribution in [0.5, 0.6) is 5.75 Å². The van der Waals surface area contributed by atoms with Crippen molar-refractivity contribution in [3.05, 3.63) is 64.3 Å². The summed E-state index contributed by atoms with van der Waals surface area (Å²) in [5.41, 5.74) is 1.71. The Labute approximate surface area is 172 Å². The van der Waals surface area contributed by atoms with Gasteiger partial charge in [0.25, 0.3) is 5.91 Å². The van der Waals surface area contributed by atoms with E-state index in [1.165, 1.54) is 5.56 Å². The molecule has 0 saturated carbocycles. The fraction of sp³-hybridized carbons (Fsp3) is 0.318. The number of hydrogen-bond acceptors (Lipinski definition) is 4. The van der Waals surface area contributed by atoms with Gasteiger partial charge in [0.15, 0.2) is 5.76 Å². The third-order valence-electron chi connectivity index (χ3n) is 5.46. The van der Waals surface area contributed by atoms with Crippen LogP contribution >= 0.6 is 15.9 Å². The van der Waals surface area contributed by atoms with Crippen molar-refractivity contribution < 1.29 is 18.7 Å². The Kier molecular flexibility index (Phi) is 5.42. The molecule has 1 fully saturated rings. The normalized spacial score (nSPS) is 16.1. The number of carbonyl (C=O) groups excluding carboxylic acids is 1. The summed E-state index contributed by atoms with van der Waals surface area (Å²) in [4.78, 5) is 12.8. The fourth-order valence-electron chi connectivity index (χ4n) is 3.75. The molecule has 0 aliphatic carbocycles. The highest BCUT2D eigenvalue weighted by Crippen LogP contribution is 2.35. The van der Waals surface area contributed by atoms with Crippen LogP contribution < -0.4 is 10.1 Å². The molecule has 1 aliphatic heterocycles. The first kappa shape index (κ1) is 19.0. The van der Waals surface area contributed by atoms with Gasteiger partial charge < -0.3 is 19.2 Å². The third kappa shape index (κ3) is 3.66. The lowest BCUT2D eigenvalue weighted by molar-refractivity contribution is 0.0484. The Hall–Kier alpha value is -2.31. The number of amides is 1. The molecule has 6 heteroatoms. The van der Waals surface area contributed by atoms with Crippen molar-refractivity contribution in [3.63, 3.8) is 0 Å². The third-order valence-corrected chi connectivity index (χ3v) is 6.08. The van der Waals surface area contributed by atoms with Crippen LogP contribution in [-0.4, -0.2) is 32.8 Å². The van der Waals surface area contributed by atoms with Crippen LogP contribution in [0.4, 0.5) is 0 Å². The van der Waals surface area contributed by atoms with Crippen LogP contribution in [0.2, 0.25) is 0 Å². The Morgan fingerprint density at radius 2 is 1.93 bits per heavy atom. The van der Waals surface area contributed by atoms with Gasteiger partial charge in [0.1, 0.15) is 11.3 Å². The zero-order valence-electron chi connectivity index (χ0n) is 15.7. The molecule has 4 rings (SSSR count). The van der Waals surface area contributed by atoms with E-state index >= 15 is 0 Å². The number of nitrogens with one attached hydrogen (secondary N) is 1. The Morgan fingerprint density at radius 1 is 1.18 bits per heavy atom. The molecule has 146 valence electrons. The number of rotatable bonds is 5. The molecule has 2 heterocycles. The molecule has 2 aromatic carbocycles. The minimum atomic E-state index is -0.206. The second kappa shape index (κ2) is 7.97. The quantitative estimate of drug-likeness (QED) is 0.621. The van der Waals surface area contributed by atoms with E-state index in [1.807, 2.05) is 30.3 Å². The fourth-order valence-corrected chi connectivity index (χ4v) is 4.21. The maximum atomic E-state index is 12.8. The smallest absolute Gasteiger partial charge is 0.287 e. The van der Waals surface area contributed by atoms with Gasteiger partial charge in [-0.15, -0.1) is 0 Å². The molecule has 0 radical (unpaired) electrons. The molecular weight excluding hydrogens is 422 g/mol. The summed E-state index contributed by atoms with van der Waals surface area (Å²) in [6.45, 7) is 1.89. The van der Waals surface area contributed by atoms with Gasteiger partial charge in [0.2, 0.25) is 0 Å². The average Bonchev–Trinajstić information content (AvgIpc) is 3.19. The first-order chi connectivity index (χ1) is 13.6. The minimum absolute atomic E-state index is 0.160. The van der Waals surface area contributed by atoms with E-state index in [1.54, 1.807) is 13.2 Å². The van der Waals surface area contributed by atoms with Gasteiger partial charge in [-0.25, -0.2) is 0 Å². The molecular formula is C22H22BrNO4. The highest BCUT2D eigenvalue weighted by atomic mass is 79.9. The lowest BCUT2D eigenvalue weighted by atomic mass is 9.74. The van der Waals surface area contributed by atoms with E-state index in [-0.39, 0.29) is 11.3 Å². The number of carbonyl (C=O) groups is 1. The zero-order chi connectivity index (χ0) is 19.6. The number of methoxy groups -OCH3 is 1. The number of halogens is 1. The van der Waals surface area contributed by atoms with E-state index in [9.17, 15) is 4.79 Å². The van der Waals surface area contributed by atoms with Gasteiger partial charge in [-0.3, -0.25) is 4.79 Å². The van der Waals surface area contributed by atoms with E-state index in [0.29, 0.717) is 31.1 Å². The maximum absolute atomic E-state index is 12.8. The average molecular weight is 444 g/mol. The summed E-state index contributed by atoms with van der Waals surface area (Å²) < 4.78 is 17.5. The molecule has 0 unspecified atom stereocenters. The van der Waals surface area contributed by atoms with E-state index in [2.05, 4.69) is 33.4 Å². The van der Waals surface area contributed by atoms with Gasteiger partial charge in [-0.2, -0.15) is 0 Å². The number of para-hydroxylation sites is 1. The molecule has 0 atom stereocenters. The van der Waals surface area contributed by atoms with Gasteiger partial charge in [-0.1, -0.05) is 24.3 Å². The van der Waals surface area contributed by atoms with Crippen molar-refractivity contribution >= 4 is 32.8 Å². The highest BCUT2D eigenvalue weighted by molar-refractivity contribution is 9.10. The van der Waals surface area contributed by atoms with E-state index < -0.39 is 0 Å². The second-order valence-electron chi connectivity index (χ2n) is 7.07. The molecule has 5 nitrogen and oxygen atoms in total. The van der Waals surface area contributed by atoms with Crippen molar-refractivity contribution in [1.29, 1.82) is 0 Å². The Morgan fingerprint density at radius 3 is 2.61 bits per heavy atom. The summed E-state index contributed by atoms with van der Waals surface area (Å²) >= 11 is 3.46. The molecule has 3 aromatic rings. The molecule has 1 N–H and O–H groups in total. The summed E-state index contributed by atoms with van der Waals surface area (Å²) in [5, 5.41) is 3.98. The predicted molar refractivity (Wildman–Crippen MR) is 111 cm³/mol. The van der Waals surface area contributed by atoms with Gasteiger partial charge in [0.05, 0.1) is 11.6 Å². The molecule has 1 aliphatic rings. The van der Waals surface area contributed by atoms with Gasteiger partial charge >= 0.3 is 0 Å². The van der Waals surface area contributed by atoms with E-state index in [0.717, 1.165) is 28.5 Å². The molecule has 0 bridgehead atoms. The van der Waals surface area contributed by atoms with Crippen LogP contribution in [0, 0.1) is 0 Å². The van der Waals surface area contributed by atoms with Crippen molar-refractivity contribution in [1.82, 2.24) is 5.32 Å². The van der Waals surface area contributed by atoms with Crippen molar-refractivity contribution in [2.45, 2.75) is 18.3 Å². The van der Waals surface area contributed by atoms with Crippen molar-refractivity contribution in [3.8, 4) is 5.75 Å². The highest BCUT2D eigenvalue weighted by Gasteiger charge is 2.35. The number of furan rings is 1. The second-order valence-corrected chi connectivity index (χ2v) is 7.93. The van der Waals surface area contributed by atoms with Crippen LogP contribution in [0.25, 0.3) is 11.0 Å². The Balaban J connectivity index is 1.55. The number of benzene rings is 2. The molecule has 0 spiro atoms. The summed E-state index contributed by atoms with van der Waals surface area (Å²) in [5.74, 6) is 0.934. The minimum Gasteiger partial charge on any atom is -0.497 e. The first-order valence-electron chi connectivity index (χ1n) is 9.30. The van der Waals surface area contributed by atoms with Crippen LogP contribution in [0.15, 0.2) is 57.4 Å². The lowest BCUT2D eigenvalue weighted by Gasteiger charge is -2.38. The number of hydrogen-bond donors (Lipinski definition) is 1. The van der Waals surface area contributed by atoms with Crippen LogP contribution in [0.1, 0.15) is 29.0 Å². The van der Waals surface area contributed by atoms with Crippen LogP contribution in [0.3, 0.4) is 0 Å². The predicted octanol–water partition coefficient (Wildman–Crippen LogP) is 4.68. The standard InChI is InChI=1S/C22H22BrNO4/c1-26-17-7-5-16(6-8-17)22(9-11-27-12-10-22)14-24-21(25)19-13-15-3-2-4-18(23)20(15)28-19/h2-8,13H,9-12,14H2,1H3,(H,24,25). The molecule has 1 saturated heterocycles. The summed E-state index contributed by atoms with van der Waals surface area (Å²) in [6.07, 6.45) is 1.70. The van der Waals surface area contributed by atoms with Gasteiger partial charge in [-0.05, 0) is 58.6 Å². The maximum Gasteiger partial charge on any atom is 0.287 e. The molecule has 1 amide bonds. The SMILES string of the molecule is COc1ccc(C2(CNC(=O)c3cc4cccc(Br)c4o3)CCOCC2)cc1. The topological polar surface area (TPSA) is 60.7 Å². The largest absolute Gasteiger partial charge is 0.497 e. The molecule has 1 aromatic heterocycles. The van der Waals surface area contributed by atoms with Crippen molar-refractivity contribution in [2.24, 2.45) is 0 Å². The van der Waals surface area contributed by atoms with Crippen LogP contribution in [-0.2, 0) is 10.2 Å². The monoisotopic (exact) mass is 443 g/mol. The van der Waals surface area contributed by atoms with Crippen molar-refractivity contribution in [2.75, 3.05) is 26.9 Å². The van der Waals surface area contributed by atoms with E-state index in [4.69, 9.17) is 13.9 Å². The Bertz CT molecular complexity index is 974.